The summed E-state index contributed by atoms with van der Waals surface area (Å²) in [5.74, 6) is -1.03. The lowest BCUT2D eigenvalue weighted by atomic mass is 10.1. The highest BCUT2D eigenvalue weighted by molar-refractivity contribution is 6.34. The van der Waals surface area contributed by atoms with Gasteiger partial charge in [-0.1, -0.05) is 11.6 Å². The third kappa shape index (κ3) is 4.95. The number of esters is 1. The number of carbonyl (C=O) groups is 3. The van der Waals surface area contributed by atoms with Crippen molar-refractivity contribution in [2.45, 2.75) is 52.2 Å². The molecule has 7 heteroatoms. The summed E-state index contributed by atoms with van der Waals surface area (Å²) in [5, 5.41) is 3.15. The van der Waals surface area contributed by atoms with Gasteiger partial charge in [0.25, 0.3) is 5.91 Å². The minimum atomic E-state index is -0.931. The maximum absolute atomic E-state index is 12.3. The summed E-state index contributed by atoms with van der Waals surface area (Å²) >= 11 is 6.16. The lowest BCUT2D eigenvalue weighted by molar-refractivity contribution is -0.130. The number of nitrogens with zero attached hydrogens (tertiary/aromatic N) is 1. The molecule has 0 bridgehead atoms. The van der Waals surface area contributed by atoms with E-state index < -0.39 is 17.6 Å². The fourth-order valence-electron chi connectivity index (χ4n) is 2.50. The van der Waals surface area contributed by atoms with Gasteiger partial charge in [-0.15, -0.1) is 0 Å². The van der Waals surface area contributed by atoms with E-state index in [0.717, 1.165) is 6.42 Å². The fourth-order valence-corrected chi connectivity index (χ4v) is 2.72. The minimum absolute atomic E-state index is 0.0228. The van der Waals surface area contributed by atoms with Crippen LogP contribution in [0, 0.1) is 0 Å². The number of hydrogen-bond acceptors (Lipinski definition) is 4. The number of halogens is 1. The summed E-state index contributed by atoms with van der Waals surface area (Å²) in [7, 11) is 0. The van der Waals surface area contributed by atoms with Gasteiger partial charge in [0.05, 0.1) is 16.3 Å². The molecule has 0 radical (unpaired) electrons. The first-order valence-corrected chi connectivity index (χ1v) is 8.59. The normalized spacial score (nSPS) is 15.9. The Morgan fingerprint density at radius 2 is 2.00 bits per heavy atom. The fraction of sp³-hybridized carbons (Fsp3) is 0.500. The SMILES string of the molecule is CC(OC(=O)c1ccc(Cl)c(N2CCCC2=O)c1)C(=O)NC(C)(C)C. The molecule has 1 aliphatic heterocycles. The molecule has 1 saturated heterocycles. The number of nitrogens with one attached hydrogen (secondary N) is 1. The molecule has 1 aliphatic rings. The average molecular weight is 367 g/mol. The van der Waals surface area contributed by atoms with Crippen LogP contribution >= 0.6 is 11.6 Å². The van der Waals surface area contributed by atoms with Crippen LogP contribution < -0.4 is 10.2 Å². The molecule has 136 valence electrons. The van der Waals surface area contributed by atoms with Crippen molar-refractivity contribution in [2.24, 2.45) is 0 Å². The number of hydrogen-bond donors (Lipinski definition) is 1. The summed E-state index contributed by atoms with van der Waals surface area (Å²) in [6.07, 6.45) is 0.294. The Morgan fingerprint density at radius 1 is 1.32 bits per heavy atom. The van der Waals surface area contributed by atoms with Crippen molar-refractivity contribution in [2.75, 3.05) is 11.4 Å². The van der Waals surface area contributed by atoms with Gasteiger partial charge in [-0.2, -0.15) is 0 Å². The smallest absolute Gasteiger partial charge is 0.338 e. The molecule has 1 fully saturated rings. The molecule has 1 aromatic carbocycles. The third-order valence-electron chi connectivity index (χ3n) is 3.70. The number of rotatable bonds is 4. The van der Waals surface area contributed by atoms with E-state index in [1.54, 1.807) is 11.0 Å². The predicted molar refractivity (Wildman–Crippen MR) is 95.8 cm³/mol. The Balaban J connectivity index is 2.12. The molecule has 0 saturated carbocycles. The van der Waals surface area contributed by atoms with Crippen LogP contribution in [0.5, 0.6) is 0 Å². The number of carbonyl (C=O) groups excluding carboxylic acids is 3. The van der Waals surface area contributed by atoms with Crippen molar-refractivity contribution in [3.05, 3.63) is 28.8 Å². The average Bonchev–Trinajstić information content (AvgIpc) is 2.91. The van der Waals surface area contributed by atoms with Gasteiger partial charge in [-0.05, 0) is 52.3 Å². The molecule has 1 heterocycles. The van der Waals surface area contributed by atoms with Crippen LogP contribution in [0.15, 0.2) is 18.2 Å². The summed E-state index contributed by atoms with van der Waals surface area (Å²) in [4.78, 5) is 37.8. The zero-order chi connectivity index (χ0) is 18.8. The zero-order valence-electron chi connectivity index (χ0n) is 14.9. The van der Waals surface area contributed by atoms with E-state index in [0.29, 0.717) is 23.7 Å². The number of amides is 2. The van der Waals surface area contributed by atoms with E-state index in [-0.39, 0.29) is 17.4 Å². The van der Waals surface area contributed by atoms with Gasteiger partial charge in [0.15, 0.2) is 6.10 Å². The molecular formula is C18H23ClN2O4. The second kappa shape index (κ2) is 7.44. The molecule has 1 aromatic rings. The number of anilines is 1. The van der Waals surface area contributed by atoms with Gasteiger partial charge in [-0.25, -0.2) is 4.79 Å². The molecule has 1 unspecified atom stereocenters. The van der Waals surface area contributed by atoms with E-state index in [1.807, 2.05) is 20.8 Å². The second-order valence-electron chi connectivity index (χ2n) is 7.10. The highest BCUT2D eigenvalue weighted by atomic mass is 35.5. The van der Waals surface area contributed by atoms with Crippen LogP contribution in [0.2, 0.25) is 5.02 Å². The van der Waals surface area contributed by atoms with E-state index in [9.17, 15) is 14.4 Å². The highest BCUT2D eigenvalue weighted by Gasteiger charge is 2.26. The molecule has 25 heavy (non-hydrogen) atoms. The van der Waals surface area contributed by atoms with Gasteiger partial charge >= 0.3 is 5.97 Å². The van der Waals surface area contributed by atoms with Crippen molar-refractivity contribution < 1.29 is 19.1 Å². The first-order valence-electron chi connectivity index (χ1n) is 8.21. The molecule has 0 aromatic heterocycles. The lowest BCUT2D eigenvalue weighted by Crippen LogP contribution is -2.46. The first-order chi connectivity index (χ1) is 11.6. The predicted octanol–water partition coefficient (Wildman–Crippen LogP) is 2.93. The summed E-state index contributed by atoms with van der Waals surface area (Å²) in [5.41, 5.74) is 0.321. The van der Waals surface area contributed by atoms with E-state index >= 15 is 0 Å². The maximum atomic E-state index is 12.3. The lowest BCUT2D eigenvalue weighted by Gasteiger charge is -2.23. The highest BCUT2D eigenvalue weighted by Crippen LogP contribution is 2.30. The zero-order valence-corrected chi connectivity index (χ0v) is 15.6. The quantitative estimate of drug-likeness (QED) is 0.831. The Kier molecular flexibility index (Phi) is 5.72. The van der Waals surface area contributed by atoms with Crippen LogP contribution in [-0.2, 0) is 14.3 Å². The van der Waals surface area contributed by atoms with E-state index in [2.05, 4.69) is 5.32 Å². The molecule has 2 rings (SSSR count). The Bertz CT molecular complexity index is 697. The molecular weight excluding hydrogens is 344 g/mol. The molecule has 0 aliphatic carbocycles. The summed E-state index contributed by atoms with van der Waals surface area (Å²) in [6.45, 7) is 7.62. The van der Waals surface area contributed by atoms with Crippen LogP contribution in [0.4, 0.5) is 5.69 Å². The van der Waals surface area contributed by atoms with Crippen LogP contribution in [-0.4, -0.2) is 36.0 Å². The monoisotopic (exact) mass is 366 g/mol. The van der Waals surface area contributed by atoms with Crippen molar-refractivity contribution in [1.29, 1.82) is 0 Å². The maximum Gasteiger partial charge on any atom is 0.338 e. The Hall–Kier alpha value is -2.08. The van der Waals surface area contributed by atoms with Gasteiger partial charge in [0.2, 0.25) is 5.91 Å². The third-order valence-corrected chi connectivity index (χ3v) is 4.02. The molecule has 0 spiro atoms. The van der Waals surface area contributed by atoms with Crippen LogP contribution in [0.25, 0.3) is 0 Å². The Labute approximate surface area is 152 Å². The topological polar surface area (TPSA) is 75.7 Å². The van der Waals surface area contributed by atoms with Crippen LogP contribution in [0.3, 0.4) is 0 Å². The molecule has 6 nitrogen and oxygen atoms in total. The molecule has 1 N–H and O–H groups in total. The van der Waals surface area contributed by atoms with Crippen molar-refractivity contribution >= 4 is 35.1 Å². The number of benzene rings is 1. The number of ether oxygens (including phenoxy) is 1. The Morgan fingerprint density at radius 3 is 2.56 bits per heavy atom. The molecule has 2 amide bonds. The summed E-state index contributed by atoms with van der Waals surface area (Å²) < 4.78 is 5.23. The second-order valence-corrected chi connectivity index (χ2v) is 7.51. The van der Waals surface area contributed by atoms with Gasteiger partial charge in [-0.3, -0.25) is 9.59 Å². The van der Waals surface area contributed by atoms with E-state index in [4.69, 9.17) is 16.3 Å². The van der Waals surface area contributed by atoms with Crippen molar-refractivity contribution in [3.8, 4) is 0 Å². The van der Waals surface area contributed by atoms with Gasteiger partial charge in [0.1, 0.15) is 0 Å². The van der Waals surface area contributed by atoms with Crippen molar-refractivity contribution in [1.82, 2.24) is 5.32 Å². The minimum Gasteiger partial charge on any atom is -0.449 e. The van der Waals surface area contributed by atoms with Crippen LogP contribution in [0.1, 0.15) is 50.9 Å². The van der Waals surface area contributed by atoms with Gasteiger partial charge < -0.3 is 15.0 Å². The summed E-state index contributed by atoms with van der Waals surface area (Å²) in [6, 6.07) is 4.60. The van der Waals surface area contributed by atoms with Gasteiger partial charge in [0, 0.05) is 18.5 Å². The van der Waals surface area contributed by atoms with E-state index in [1.165, 1.54) is 19.1 Å². The first kappa shape index (κ1) is 19.2. The van der Waals surface area contributed by atoms with Crippen molar-refractivity contribution in [3.63, 3.8) is 0 Å². The standard InChI is InChI=1S/C18H23ClN2O4/c1-11(16(23)20-18(2,3)4)25-17(24)12-7-8-13(19)14(10-12)21-9-5-6-15(21)22/h7-8,10-11H,5-6,9H2,1-4H3,(H,20,23). The molecule has 1 atom stereocenters. The largest absolute Gasteiger partial charge is 0.449 e.